The predicted molar refractivity (Wildman–Crippen MR) is 64.6 cm³/mol. The Labute approximate surface area is 103 Å². The van der Waals surface area contributed by atoms with E-state index in [1.165, 1.54) is 0 Å². The molecule has 16 heavy (non-hydrogen) atoms. The molecule has 0 aliphatic heterocycles. The molecular formula is C12H8Cl2O2. The Bertz CT molecular complexity index is 475. The fourth-order valence-corrected chi connectivity index (χ4v) is 1.74. The molecule has 0 amide bonds. The SMILES string of the molecule is Oc1ccc(Oc2cc(Cl)cc(Cl)c2)cc1. The first-order valence-corrected chi connectivity index (χ1v) is 5.32. The maximum atomic E-state index is 9.11. The van der Waals surface area contributed by atoms with Gasteiger partial charge in [0.25, 0.3) is 0 Å². The molecule has 0 aliphatic rings. The minimum absolute atomic E-state index is 0.191. The van der Waals surface area contributed by atoms with E-state index in [9.17, 15) is 0 Å². The molecule has 0 fully saturated rings. The molecule has 2 rings (SSSR count). The highest BCUT2D eigenvalue weighted by atomic mass is 35.5. The van der Waals surface area contributed by atoms with E-state index in [0.717, 1.165) is 0 Å². The molecule has 2 aromatic carbocycles. The Morgan fingerprint density at radius 2 is 1.38 bits per heavy atom. The minimum Gasteiger partial charge on any atom is -0.508 e. The van der Waals surface area contributed by atoms with Gasteiger partial charge in [0.15, 0.2) is 0 Å². The van der Waals surface area contributed by atoms with Crippen molar-refractivity contribution in [1.29, 1.82) is 0 Å². The summed E-state index contributed by atoms with van der Waals surface area (Å²) in [6.45, 7) is 0. The van der Waals surface area contributed by atoms with Crippen LogP contribution >= 0.6 is 23.2 Å². The lowest BCUT2D eigenvalue weighted by molar-refractivity contribution is 0.464. The standard InChI is InChI=1S/C12H8Cl2O2/c13-8-5-9(14)7-12(6-8)16-11-3-1-10(15)2-4-11/h1-7,15H. The molecule has 0 spiro atoms. The maximum Gasteiger partial charge on any atom is 0.130 e. The molecule has 4 heteroatoms. The number of hydrogen-bond donors (Lipinski definition) is 1. The average molecular weight is 255 g/mol. The lowest BCUT2D eigenvalue weighted by Gasteiger charge is -2.06. The highest BCUT2D eigenvalue weighted by Gasteiger charge is 2.01. The molecule has 2 aromatic rings. The van der Waals surface area contributed by atoms with Crippen LogP contribution in [0.3, 0.4) is 0 Å². The Morgan fingerprint density at radius 3 is 1.94 bits per heavy atom. The van der Waals surface area contributed by atoms with E-state index in [-0.39, 0.29) is 5.75 Å². The Balaban J connectivity index is 2.23. The van der Waals surface area contributed by atoms with Gasteiger partial charge in [0.2, 0.25) is 0 Å². The van der Waals surface area contributed by atoms with Crippen molar-refractivity contribution in [2.75, 3.05) is 0 Å². The van der Waals surface area contributed by atoms with Crippen LogP contribution in [0.2, 0.25) is 10.0 Å². The van der Waals surface area contributed by atoms with Gasteiger partial charge in [-0.1, -0.05) is 23.2 Å². The van der Waals surface area contributed by atoms with Crippen LogP contribution in [0.5, 0.6) is 17.2 Å². The normalized spacial score (nSPS) is 10.1. The summed E-state index contributed by atoms with van der Waals surface area (Å²) >= 11 is 11.7. The second kappa shape index (κ2) is 4.64. The van der Waals surface area contributed by atoms with Gasteiger partial charge >= 0.3 is 0 Å². The molecule has 0 aromatic heterocycles. The van der Waals surface area contributed by atoms with Crippen molar-refractivity contribution in [2.45, 2.75) is 0 Å². The van der Waals surface area contributed by atoms with Crippen LogP contribution in [0.1, 0.15) is 0 Å². The zero-order valence-electron chi connectivity index (χ0n) is 8.15. The predicted octanol–water partition coefficient (Wildman–Crippen LogP) is 4.49. The van der Waals surface area contributed by atoms with Crippen LogP contribution in [0.4, 0.5) is 0 Å². The third kappa shape index (κ3) is 2.81. The highest BCUT2D eigenvalue weighted by Crippen LogP contribution is 2.28. The summed E-state index contributed by atoms with van der Waals surface area (Å²) in [5, 5.41) is 10.1. The number of ether oxygens (including phenoxy) is 1. The number of rotatable bonds is 2. The largest absolute Gasteiger partial charge is 0.508 e. The summed E-state index contributed by atoms with van der Waals surface area (Å²) in [4.78, 5) is 0. The van der Waals surface area contributed by atoms with Crippen LogP contribution < -0.4 is 4.74 Å². The van der Waals surface area contributed by atoms with Gasteiger partial charge in [-0.3, -0.25) is 0 Å². The van der Waals surface area contributed by atoms with Crippen molar-refractivity contribution < 1.29 is 9.84 Å². The smallest absolute Gasteiger partial charge is 0.130 e. The summed E-state index contributed by atoms with van der Waals surface area (Å²) in [5.74, 6) is 1.36. The monoisotopic (exact) mass is 254 g/mol. The molecule has 0 saturated heterocycles. The first kappa shape index (κ1) is 11.1. The van der Waals surface area contributed by atoms with Gasteiger partial charge in [-0.25, -0.2) is 0 Å². The van der Waals surface area contributed by atoms with E-state index in [4.69, 9.17) is 33.0 Å². The Morgan fingerprint density at radius 1 is 0.812 bits per heavy atom. The van der Waals surface area contributed by atoms with E-state index in [1.54, 1.807) is 42.5 Å². The second-order valence-electron chi connectivity index (χ2n) is 3.20. The van der Waals surface area contributed by atoms with Crippen LogP contribution in [0.15, 0.2) is 42.5 Å². The number of phenols is 1. The molecule has 0 unspecified atom stereocenters. The molecule has 0 bridgehead atoms. The Kier molecular flexibility index (Phi) is 3.22. The van der Waals surface area contributed by atoms with E-state index in [2.05, 4.69) is 0 Å². The van der Waals surface area contributed by atoms with Gasteiger partial charge in [-0.05, 0) is 42.5 Å². The first-order valence-electron chi connectivity index (χ1n) is 4.56. The maximum absolute atomic E-state index is 9.11. The van der Waals surface area contributed by atoms with Gasteiger partial charge in [0.1, 0.15) is 17.2 Å². The number of phenolic OH excluding ortho intramolecular Hbond substituents is 1. The lowest BCUT2D eigenvalue weighted by Crippen LogP contribution is -1.83. The quantitative estimate of drug-likeness (QED) is 0.856. The van der Waals surface area contributed by atoms with Crippen molar-refractivity contribution in [3.8, 4) is 17.2 Å². The Hall–Kier alpha value is -1.38. The summed E-state index contributed by atoms with van der Waals surface area (Å²) in [7, 11) is 0. The van der Waals surface area contributed by atoms with Crippen LogP contribution in [-0.2, 0) is 0 Å². The molecule has 0 heterocycles. The zero-order valence-corrected chi connectivity index (χ0v) is 9.66. The summed E-state index contributed by atoms with van der Waals surface area (Å²) in [6, 6.07) is 11.4. The second-order valence-corrected chi connectivity index (χ2v) is 4.07. The van der Waals surface area contributed by atoms with Crippen LogP contribution in [0, 0.1) is 0 Å². The number of benzene rings is 2. The van der Waals surface area contributed by atoms with Gasteiger partial charge in [0, 0.05) is 10.0 Å². The molecule has 0 saturated carbocycles. The van der Waals surface area contributed by atoms with E-state index in [0.29, 0.717) is 21.5 Å². The molecule has 2 nitrogen and oxygen atoms in total. The molecule has 0 aliphatic carbocycles. The topological polar surface area (TPSA) is 29.5 Å². The molecule has 0 radical (unpaired) electrons. The fraction of sp³-hybridized carbons (Fsp3) is 0. The van der Waals surface area contributed by atoms with Gasteiger partial charge in [-0.15, -0.1) is 0 Å². The number of halogens is 2. The minimum atomic E-state index is 0.191. The van der Waals surface area contributed by atoms with Crippen LogP contribution in [-0.4, -0.2) is 5.11 Å². The van der Waals surface area contributed by atoms with E-state index in [1.807, 2.05) is 0 Å². The average Bonchev–Trinajstić information content (AvgIpc) is 2.20. The zero-order chi connectivity index (χ0) is 11.5. The molecule has 82 valence electrons. The van der Waals surface area contributed by atoms with Crippen molar-refractivity contribution >= 4 is 23.2 Å². The summed E-state index contributed by atoms with van der Waals surface area (Å²) < 4.78 is 5.52. The van der Waals surface area contributed by atoms with Crippen molar-refractivity contribution in [1.82, 2.24) is 0 Å². The van der Waals surface area contributed by atoms with Gasteiger partial charge < -0.3 is 9.84 Å². The van der Waals surface area contributed by atoms with E-state index < -0.39 is 0 Å². The third-order valence-electron chi connectivity index (χ3n) is 1.91. The van der Waals surface area contributed by atoms with Crippen molar-refractivity contribution in [3.63, 3.8) is 0 Å². The van der Waals surface area contributed by atoms with Gasteiger partial charge in [-0.2, -0.15) is 0 Å². The number of aromatic hydroxyl groups is 1. The molecule has 0 atom stereocenters. The first-order chi connectivity index (χ1) is 7.63. The third-order valence-corrected chi connectivity index (χ3v) is 2.34. The van der Waals surface area contributed by atoms with Gasteiger partial charge in [0.05, 0.1) is 0 Å². The van der Waals surface area contributed by atoms with Crippen LogP contribution in [0.25, 0.3) is 0 Å². The molecular weight excluding hydrogens is 247 g/mol. The summed E-state index contributed by atoms with van der Waals surface area (Å²) in [6.07, 6.45) is 0. The molecule has 1 N–H and O–H groups in total. The fourth-order valence-electron chi connectivity index (χ4n) is 1.24. The van der Waals surface area contributed by atoms with E-state index >= 15 is 0 Å². The number of hydrogen-bond acceptors (Lipinski definition) is 2. The highest BCUT2D eigenvalue weighted by molar-refractivity contribution is 6.34. The summed E-state index contributed by atoms with van der Waals surface area (Å²) in [5.41, 5.74) is 0. The lowest BCUT2D eigenvalue weighted by atomic mass is 10.3. The van der Waals surface area contributed by atoms with Crippen molar-refractivity contribution in [3.05, 3.63) is 52.5 Å². The van der Waals surface area contributed by atoms with Crippen molar-refractivity contribution in [2.24, 2.45) is 0 Å².